The van der Waals surface area contributed by atoms with Gasteiger partial charge in [-0.05, 0) is 24.0 Å². The Morgan fingerprint density at radius 1 is 1.38 bits per heavy atom. The highest BCUT2D eigenvalue weighted by Crippen LogP contribution is 2.29. The Morgan fingerprint density at radius 3 is 2.88 bits per heavy atom. The smallest absolute Gasteiger partial charge is 0.175 e. The second kappa shape index (κ2) is 5.51. The molecular weight excluding hydrogens is 260 g/mol. The van der Waals surface area contributed by atoms with E-state index in [1.807, 2.05) is 18.4 Å². The van der Waals surface area contributed by atoms with Gasteiger partial charge in [-0.25, -0.2) is 4.98 Å². The van der Waals surface area contributed by atoms with Gasteiger partial charge in [-0.3, -0.25) is 0 Å². The standard InChI is InChI=1S/C9H10N4S3/c1-14-8-12-13-9(16-8)15-5-6-2-3-11-7(10)4-6/h2-4H,5H2,1H3,(H2,10,11). The zero-order valence-electron chi connectivity index (χ0n) is 8.58. The zero-order chi connectivity index (χ0) is 11.4. The molecule has 2 heterocycles. The lowest BCUT2D eigenvalue weighted by Crippen LogP contribution is -1.90. The maximum atomic E-state index is 5.60. The first kappa shape index (κ1) is 11.7. The first-order chi connectivity index (χ1) is 7.78. The molecule has 0 amide bonds. The summed E-state index contributed by atoms with van der Waals surface area (Å²) in [6.07, 6.45) is 3.72. The maximum absolute atomic E-state index is 5.60. The highest BCUT2D eigenvalue weighted by molar-refractivity contribution is 8.02. The number of aromatic nitrogens is 3. The summed E-state index contributed by atoms with van der Waals surface area (Å²) >= 11 is 4.90. The minimum atomic E-state index is 0.556. The summed E-state index contributed by atoms with van der Waals surface area (Å²) in [7, 11) is 0. The molecule has 0 fully saturated rings. The van der Waals surface area contributed by atoms with Crippen molar-refractivity contribution in [1.29, 1.82) is 0 Å². The van der Waals surface area contributed by atoms with Crippen molar-refractivity contribution >= 4 is 40.7 Å². The van der Waals surface area contributed by atoms with E-state index >= 15 is 0 Å². The fourth-order valence-electron chi connectivity index (χ4n) is 1.07. The van der Waals surface area contributed by atoms with Crippen LogP contribution in [0.4, 0.5) is 5.82 Å². The van der Waals surface area contributed by atoms with Crippen LogP contribution in [0.3, 0.4) is 0 Å². The van der Waals surface area contributed by atoms with Crippen molar-refractivity contribution in [2.75, 3.05) is 12.0 Å². The molecule has 4 nitrogen and oxygen atoms in total. The second-order valence-corrected chi connectivity index (χ2v) is 6.17. The molecule has 0 saturated heterocycles. The summed E-state index contributed by atoms with van der Waals surface area (Å²) in [5, 5.41) is 8.13. The lowest BCUT2D eigenvalue weighted by atomic mass is 10.3. The molecular formula is C9H10N4S3. The molecule has 7 heteroatoms. The van der Waals surface area contributed by atoms with Crippen LogP contribution in [0.25, 0.3) is 0 Å². The van der Waals surface area contributed by atoms with Crippen molar-refractivity contribution in [3.05, 3.63) is 23.9 Å². The van der Waals surface area contributed by atoms with Crippen LogP contribution in [0.15, 0.2) is 27.0 Å². The van der Waals surface area contributed by atoms with Crippen LogP contribution in [0.5, 0.6) is 0 Å². The first-order valence-electron chi connectivity index (χ1n) is 4.48. The van der Waals surface area contributed by atoms with Gasteiger partial charge in [0, 0.05) is 11.9 Å². The van der Waals surface area contributed by atoms with Crippen LogP contribution >= 0.6 is 34.9 Å². The van der Waals surface area contributed by atoms with Crippen molar-refractivity contribution in [2.45, 2.75) is 14.4 Å². The highest BCUT2D eigenvalue weighted by atomic mass is 32.2. The number of hydrogen-bond donors (Lipinski definition) is 1. The fourth-order valence-corrected chi connectivity index (χ4v) is 3.45. The molecule has 0 aliphatic rings. The predicted molar refractivity (Wildman–Crippen MR) is 69.9 cm³/mol. The lowest BCUT2D eigenvalue weighted by molar-refractivity contribution is 0.955. The van der Waals surface area contributed by atoms with Crippen LogP contribution in [-0.4, -0.2) is 21.4 Å². The molecule has 0 saturated carbocycles. The Kier molecular flexibility index (Phi) is 4.03. The van der Waals surface area contributed by atoms with Crippen LogP contribution in [-0.2, 0) is 5.75 Å². The van der Waals surface area contributed by atoms with Crippen LogP contribution in [0.1, 0.15) is 5.56 Å². The van der Waals surface area contributed by atoms with Gasteiger partial charge in [0.05, 0.1) is 0 Å². The Hall–Kier alpha value is -0.790. The van der Waals surface area contributed by atoms with E-state index in [1.165, 1.54) is 0 Å². The van der Waals surface area contributed by atoms with E-state index in [0.717, 1.165) is 20.0 Å². The Morgan fingerprint density at radius 2 is 2.19 bits per heavy atom. The number of hydrogen-bond acceptors (Lipinski definition) is 7. The number of thioether (sulfide) groups is 2. The van der Waals surface area contributed by atoms with Crippen molar-refractivity contribution in [3.8, 4) is 0 Å². The summed E-state index contributed by atoms with van der Waals surface area (Å²) < 4.78 is 1.98. The van der Waals surface area contributed by atoms with Crippen molar-refractivity contribution in [3.63, 3.8) is 0 Å². The van der Waals surface area contributed by atoms with E-state index in [9.17, 15) is 0 Å². The van der Waals surface area contributed by atoms with Crippen molar-refractivity contribution in [2.24, 2.45) is 0 Å². The van der Waals surface area contributed by atoms with Crippen LogP contribution in [0, 0.1) is 0 Å². The molecule has 0 aliphatic heterocycles. The summed E-state index contributed by atoms with van der Waals surface area (Å²) in [6, 6.07) is 3.84. The number of pyridine rings is 1. The third-order valence-corrected chi connectivity index (χ3v) is 4.87. The fraction of sp³-hybridized carbons (Fsp3) is 0.222. The van der Waals surface area contributed by atoms with Gasteiger partial charge < -0.3 is 5.73 Å². The molecule has 0 aromatic carbocycles. The highest BCUT2D eigenvalue weighted by Gasteiger charge is 2.04. The third kappa shape index (κ3) is 3.10. The second-order valence-electron chi connectivity index (χ2n) is 2.92. The lowest BCUT2D eigenvalue weighted by Gasteiger charge is -1.98. The molecule has 0 aliphatic carbocycles. The predicted octanol–water partition coefficient (Wildman–Crippen LogP) is 2.53. The molecule has 0 unspecified atom stereocenters. The van der Waals surface area contributed by atoms with Gasteiger partial charge in [-0.15, -0.1) is 10.2 Å². The van der Waals surface area contributed by atoms with Crippen molar-refractivity contribution in [1.82, 2.24) is 15.2 Å². The van der Waals surface area contributed by atoms with Gasteiger partial charge in [0.15, 0.2) is 8.68 Å². The molecule has 0 atom stereocenters. The molecule has 84 valence electrons. The van der Waals surface area contributed by atoms with E-state index in [2.05, 4.69) is 15.2 Å². The van der Waals surface area contributed by atoms with Gasteiger partial charge in [0.1, 0.15) is 5.82 Å². The maximum Gasteiger partial charge on any atom is 0.175 e. The average molecular weight is 270 g/mol. The first-order valence-corrected chi connectivity index (χ1v) is 7.51. The number of nitrogens with two attached hydrogens (primary N) is 1. The summed E-state index contributed by atoms with van der Waals surface area (Å²) in [5.41, 5.74) is 6.76. The van der Waals surface area contributed by atoms with Crippen molar-refractivity contribution < 1.29 is 0 Å². The van der Waals surface area contributed by atoms with Gasteiger partial charge in [-0.1, -0.05) is 34.9 Å². The zero-order valence-corrected chi connectivity index (χ0v) is 11.0. The molecule has 16 heavy (non-hydrogen) atoms. The molecule has 2 N–H and O–H groups in total. The summed E-state index contributed by atoms with van der Waals surface area (Å²) in [6.45, 7) is 0. The summed E-state index contributed by atoms with van der Waals surface area (Å²) in [4.78, 5) is 3.95. The molecule has 0 radical (unpaired) electrons. The summed E-state index contributed by atoms with van der Waals surface area (Å²) in [5.74, 6) is 1.40. The van der Waals surface area contributed by atoms with Gasteiger partial charge in [0.2, 0.25) is 0 Å². The topological polar surface area (TPSA) is 64.7 Å². The third-order valence-electron chi connectivity index (χ3n) is 1.77. The SMILES string of the molecule is CSc1nnc(SCc2ccnc(N)c2)s1. The van der Waals surface area contributed by atoms with Gasteiger partial charge in [0.25, 0.3) is 0 Å². The van der Waals surface area contributed by atoms with E-state index in [-0.39, 0.29) is 0 Å². The Labute approximate surface area is 106 Å². The van der Waals surface area contributed by atoms with Crippen LogP contribution < -0.4 is 5.73 Å². The molecule has 0 spiro atoms. The van der Waals surface area contributed by atoms with Gasteiger partial charge in [-0.2, -0.15) is 0 Å². The van der Waals surface area contributed by atoms with E-state index in [1.54, 1.807) is 41.1 Å². The molecule has 2 aromatic rings. The monoisotopic (exact) mass is 270 g/mol. The minimum absolute atomic E-state index is 0.556. The van der Waals surface area contributed by atoms with E-state index in [0.29, 0.717) is 5.82 Å². The number of nitrogen functional groups attached to an aromatic ring is 1. The van der Waals surface area contributed by atoms with Gasteiger partial charge >= 0.3 is 0 Å². The van der Waals surface area contributed by atoms with Crippen LogP contribution in [0.2, 0.25) is 0 Å². The normalized spacial score (nSPS) is 10.6. The van der Waals surface area contributed by atoms with E-state index < -0.39 is 0 Å². The number of nitrogens with zero attached hydrogens (tertiary/aromatic N) is 3. The minimum Gasteiger partial charge on any atom is -0.384 e. The molecule has 0 bridgehead atoms. The Balaban J connectivity index is 1.96. The average Bonchev–Trinajstić information content (AvgIpc) is 2.74. The Bertz CT molecular complexity index is 471. The quantitative estimate of drug-likeness (QED) is 0.861. The van der Waals surface area contributed by atoms with E-state index in [4.69, 9.17) is 5.73 Å². The molecule has 2 aromatic heterocycles. The molecule has 2 rings (SSSR count). The number of rotatable bonds is 4. The largest absolute Gasteiger partial charge is 0.384 e. The number of anilines is 1.